The second-order valence-electron chi connectivity index (χ2n) is 5.84. The molecule has 0 aromatic heterocycles. The highest BCUT2D eigenvalue weighted by Crippen LogP contribution is 2.43. The maximum absolute atomic E-state index is 9.83. The van der Waals surface area contributed by atoms with Crippen LogP contribution in [0.3, 0.4) is 0 Å². The highest BCUT2D eigenvalue weighted by atomic mass is 16.3. The van der Waals surface area contributed by atoms with Crippen molar-refractivity contribution in [3.63, 3.8) is 0 Å². The number of benzene rings is 3. The van der Waals surface area contributed by atoms with Gasteiger partial charge in [0.05, 0.1) is 0 Å². The lowest BCUT2D eigenvalue weighted by Crippen LogP contribution is -2.03. The van der Waals surface area contributed by atoms with E-state index in [1.165, 1.54) is 48.5 Å². The average Bonchev–Trinajstić information content (AvgIpc) is 2.59. The SMILES string of the molecule is Oc1ccc(C(c2ccc(O)c(O)c2)c2cc(O)c(O)c(O)c2)cc1O. The van der Waals surface area contributed by atoms with Gasteiger partial charge in [0.2, 0.25) is 0 Å². The standard InChI is InChI=1S/C19H16O7/c20-12-3-1-9(5-14(12)22)18(10-2-4-13(21)15(23)6-10)11-7-16(24)19(26)17(25)8-11/h1-8,18,20-26H. The average molecular weight is 356 g/mol. The molecule has 3 aromatic carbocycles. The molecule has 3 aromatic rings. The molecular formula is C19H16O7. The number of phenolic OH excluding ortho intramolecular Hbond substituents is 7. The zero-order chi connectivity index (χ0) is 19.0. The normalized spacial score (nSPS) is 11.0. The molecule has 0 aliphatic carbocycles. The lowest BCUT2D eigenvalue weighted by atomic mass is 9.84. The van der Waals surface area contributed by atoms with Gasteiger partial charge in [-0.2, -0.15) is 0 Å². The lowest BCUT2D eigenvalue weighted by molar-refractivity contribution is 0.367. The molecule has 134 valence electrons. The lowest BCUT2D eigenvalue weighted by Gasteiger charge is -2.20. The first-order chi connectivity index (χ1) is 12.3. The van der Waals surface area contributed by atoms with E-state index in [0.29, 0.717) is 16.7 Å². The summed E-state index contributed by atoms with van der Waals surface area (Å²) in [6.07, 6.45) is 0. The maximum Gasteiger partial charge on any atom is 0.200 e. The first kappa shape index (κ1) is 17.1. The monoisotopic (exact) mass is 356 g/mol. The maximum atomic E-state index is 9.83. The van der Waals surface area contributed by atoms with Gasteiger partial charge in [0.25, 0.3) is 0 Å². The summed E-state index contributed by atoms with van der Waals surface area (Å²) in [7, 11) is 0. The fourth-order valence-corrected chi connectivity index (χ4v) is 2.81. The molecule has 0 aliphatic heterocycles. The van der Waals surface area contributed by atoms with Crippen molar-refractivity contribution in [2.45, 2.75) is 5.92 Å². The highest BCUT2D eigenvalue weighted by molar-refractivity contribution is 5.57. The van der Waals surface area contributed by atoms with E-state index < -0.39 is 23.2 Å². The smallest absolute Gasteiger partial charge is 0.200 e. The molecule has 0 atom stereocenters. The van der Waals surface area contributed by atoms with Crippen molar-refractivity contribution >= 4 is 0 Å². The second-order valence-corrected chi connectivity index (χ2v) is 5.84. The van der Waals surface area contributed by atoms with E-state index in [-0.39, 0.29) is 23.0 Å². The Labute approximate surface area is 147 Å². The Balaban J connectivity index is 2.24. The third-order valence-electron chi connectivity index (χ3n) is 4.09. The predicted molar refractivity (Wildman–Crippen MR) is 91.9 cm³/mol. The summed E-state index contributed by atoms with van der Waals surface area (Å²) >= 11 is 0. The van der Waals surface area contributed by atoms with Gasteiger partial charge in [-0.25, -0.2) is 0 Å². The summed E-state index contributed by atoms with van der Waals surface area (Å²) in [6, 6.07) is 10.6. The van der Waals surface area contributed by atoms with E-state index in [2.05, 4.69) is 0 Å². The van der Waals surface area contributed by atoms with Crippen molar-refractivity contribution in [2.75, 3.05) is 0 Å². The minimum Gasteiger partial charge on any atom is -0.504 e. The molecule has 7 nitrogen and oxygen atoms in total. The highest BCUT2D eigenvalue weighted by Gasteiger charge is 2.22. The quantitative estimate of drug-likeness (QED) is 0.282. The van der Waals surface area contributed by atoms with Crippen LogP contribution >= 0.6 is 0 Å². The summed E-state index contributed by atoms with van der Waals surface area (Å²) in [5.74, 6) is -3.85. The molecule has 0 fully saturated rings. The number of phenols is 7. The van der Waals surface area contributed by atoms with Crippen LogP contribution in [0.1, 0.15) is 22.6 Å². The second kappa shape index (κ2) is 6.29. The zero-order valence-electron chi connectivity index (χ0n) is 13.3. The van der Waals surface area contributed by atoms with Gasteiger partial charge < -0.3 is 35.7 Å². The van der Waals surface area contributed by atoms with E-state index in [9.17, 15) is 35.7 Å². The molecule has 26 heavy (non-hydrogen) atoms. The summed E-state index contributed by atoms with van der Waals surface area (Å²) in [5, 5.41) is 67.9. The van der Waals surface area contributed by atoms with E-state index in [4.69, 9.17) is 0 Å². The van der Waals surface area contributed by atoms with Gasteiger partial charge in [0.15, 0.2) is 40.2 Å². The Morgan fingerprint density at radius 3 is 1.19 bits per heavy atom. The van der Waals surface area contributed by atoms with Crippen LogP contribution in [0.4, 0.5) is 0 Å². The summed E-state index contributed by atoms with van der Waals surface area (Å²) in [5.41, 5.74) is 1.28. The van der Waals surface area contributed by atoms with Gasteiger partial charge >= 0.3 is 0 Å². The molecule has 0 bridgehead atoms. The summed E-state index contributed by atoms with van der Waals surface area (Å²) in [6.45, 7) is 0. The topological polar surface area (TPSA) is 142 Å². The first-order valence-corrected chi connectivity index (χ1v) is 7.56. The largest absolute Gasteiger partial charge is 0.504 e. The van der Waals surface area contributed by atoms with E-state index in [1.54, 1.807) is 0 Å². The Hall–Kier alpha value is -3.74. The summed E-state index contributed by atoms with van der Waals surface area (Å²) in [4.78, 5) is 0. The molecule has 0 unspecified atom stereocenters. The molecule has 0 spiro atoms. The minimum atomic E-state index is -0.703. The van der Waals surface area contributed by atoms with Crippen molar-refractivity contribution in [1.82, 2.24) is 0 Å². The number of hydrogen-bond donors (Lipinski definition) is 7. The van der Waals surface area contributed by atoms with Gasteiger partial charge in [0, 0.05) is 5.92 Å². The Kier molecular flexibility index (Phi) is 4.13. The van der Waals surface area contributed by atoms with Gasteiger partial charge in [-0.3, -0.25) is 0 Å². The van der Waals surface area contributed by atoms with E-state index in [0.717, 1.165) is 0 Å². The van der Waals surface area contributed by atoms with Crippen LogP contribution in [0.2, 0.25) is 0 Å². The van der Waals surface area contributed by atoms with Crippen molar-refractivity contribution in [2.24, 2.45) is 0 Å². The fourth-order valence-electron chi connectivity index (χ4n) is 2.81. The Morgan fingerprint density at radius 2 is 0.808 bits per heavy atom. The minimum absolute atomic E-state index is 0.322. The molecular weight excluding hydrogens is 340 g/mol. The van der Waals surface area contributed by atoms with Crippen LogP contribution in [-0.4, -0.2) is 35.7 Å². The molecule has 0 amide bonds. The van der Waals surface area contributed by atoms with Crippen LogP contribution in [0, 0.1) is 0 Å². The van der Waals surface area contributed by atoms with Crippen molar-refractivity contribution in [1.29, 1.82) is 0 Å². The third kappa shape index (κ3) is 2.98. The van der Waals surface area contributed by atoms with Crippen LogP contribution in [0.5, 0.6) is 40.2 Å². The molecule has 0 saturated heterocycles. The number of hydrogen-bond acceptors (Lipinski definition) is 7. The van der Waals surface area contributed by atoms with E-state index in [1.807, 2.05) is 0 Å². The molecule has 0 heterocycles. The molecule has 7 N–H and O–H groups in total. The predicted octanol–water partition coefficient (Wildman–Crippen LogP) is 2.81. The first-order valence-electron chi connectivity index (χ1n) is 7.56. The molecule has 3 rings (SSSR count). The van der Waals surface area contributed by atoms with Gasteiger partial charge in [-0.1, -0.05) is 12.1 Å². The van der Waals surface area contributed by atoms with Gasteiger partial charge in [-0.05, 0) is 53.1 Å². The molecule has 0 aliphatic rings. The van der Waals surface area contributed by atoms with Crippen molar-refractivity contribution in [3.8, 4) is 40.2 Å². The molecule has 7 heteroatoms. The Morgan fingerprint density at radius 1 is 0.423 bits per heavy atom. The van der Waals surface area contributed by atoms with Crippen LogP contribution in [0.15, 0.2) is 48.5 Å². The third-order valence-corrected chi connectivity index (χ3v) is 4.09. The molecule has 0 saturated carbocycles. The van der Waals surface area contributed by atoms with Crippen LogP contribution < -0.4 is 0 Å². The molecule has 0 radical (unpaired) electrons. The van der Waals surface area contributed by atoms with Crippen molar-refractivity contribution < 1.29 is 35.7 Å². The number of aromatic hydroxyl groups is 7. The zero-order valence-corrected chi connectivity index (χ0v) is 13.3. The van der Waals surface area contributed by atoms with Gasteiger partial charge in [-0.15, -0.1) is 0 Å². The van der Waals surface area contributed by atoms with Crippen molar-refractivity contribution in [3.05, 3.63) is 65.2 Å². The fraction of sp³-hybridized carbons (Fsp3) is 0.0526. The van der Waals surface area contributed by atoms with Gasteiger partial charge in [0.1, 0.15) is 0 Å². The van der Waals surface area contributed by atoms with Crippen LogP contribution in [0.25, 0.3) is 0 Å². The van der Waals surface area contributed by atoms with E-state index >= 15 is 0 Å². The number of rotatable bonds is 3. The van der Waals surface area contributed by atoms with Crippen LogP contribution in [-0.2, 0) is 0 Å². The summed E-state index contributed by atoms with van der Waals surface area (Å²) < 4.78 is 0. The Bertz CT molecular complexity index is 907.